The van der Waals surface area contributed by atoms with Gasteiger partial charge in [0.25, 0.3) is 0 Å². The first kappa shape index (κ1) is 17.4. The van der Waals surface area contributed by atoms with Gasteiger partial charge in [-0.3, -0.25) is 0 Å². The molecule has 1 atom stereocenters. The summed E-state index contributed by atoms with van der Waals surface area (Å²) in [6, 6.07) is 14.5. The molecule has 2 aromatic carbocycles. The van der Waals surface area contributed by atoms with E-state index in [1.54, 1.807) is 6.07 Å². The fourth-order valence-corrected chi connectivity index (χ4v) is 3.26. The van der Waals surface area contributed by atoms with Gasteiger partial charge in [0.05, 0.1) is 7.05 Å². The fourth-order valence-electron chi connectivity index (χ4n) is 3.26. The molecule has 3 rings (SSSR count). The van der Waals surface area contributed by atoms with Gasteiger partial charge in [0.15, 0.2) is 0 Å². The van der Waals surface area contributed by atoms with E-state index in [-0.39, 0.29) is 5.63 Å². The summed E-state index contributed by atoms with van der Waals surface area (Å²) in [5, 5.41) is 1.04. The van der Waals surface area contributed by atoms with Gasteiger partial charge in [0.1, 0.15) is 18.7 Å². The van der Waals surface area contributed by atoms with Crippen LogP contribution in [0.1, 0.15) is 34.7 Å². The summed E-state index contributed by atoms with van der Waals surface area (Å²) in [4.78, 5) is 13.3. The molecule has 0 radical (unpaired) electrons. The van der Waals surface area contributed by atoms with E-state index in [0.29, 0.717) is 5.58 Å². The van der Waals surface area contributed by atoms with Crippen molar-refractivity contribution in [2.75, 3.05) is 7.05 Å². The largest absolute Gasteiger partial charge is 0.423 e. The monoisotopic (exact) mass is 336 g/mol. The highest BCUT2D eigenvalue weighted by Gasteiger charge is 2.12. The van der Waals surface area contributed by atoms with Gasteiger partial charge in [-0.25, -0.2) is 4.79 Å². The Kier molecular flexibility index (Phi) is 5.05. The lowest BCUT2D eigenvalue weighted by atomic mass is 10.0. The molecular formula is C22H26NO2+. The molecule has 0 saturated heterocycles. The Balaban J connectivity index is 1.86. The van der Waals surface area contributed by atoms with Gasteiger partial charge in [-0.05, 0) is 49.1 Å². The second-order valence-electron chi connectivity index (χ2n) is 7.00. The van der Waals surface area contributed by atoms with Crippen LogP contribution < -0.4 is 10.5 Å². The van der Waals surface area contributed by atoms with Crippen LogP contribution in [0.2, 0.25) is 0 Å². The zero-order valence-electron chi connectivity index (χ0n) is 15.5. The molecule has 0 spiro atoms. The maximum absolute atomic E-state index is 11.9. The molecule has 0 aliphatic carbocycles. The van der Waals surface area contributed by atoms with Crippen LogP contribution in [-0.4, -0.2) is 7.05 Å². The molecule has 0 aliphatic rings. The van der Waals surface area contributed by atoms with E-state index in [1.807, 2.05) is 13.0 Å². The summed E-state index contributed by atoms with van der Waals surface area (Å²) in [6.07, 6.45) is 1.06. The highest BCUT2D eigenvalue weighted by Crippen LogP contribution is 2.21. The lowest BCUT2D eigenvalue weighted by Crippen LogP contribution is -3.06. The van der Waals surface area contributed by atoms with Crippen molar-refractivity contribution < 1.29 is 9.32 Å². The molecule has 0 bridgehead atoms. The minimum absolute atomic E-state index is 0.272. The van der Waals surface area contributed by atoms with E-state index in [0.717, 1.165) is 36.0 Å². The lowest BCUT2D eigenvalue weighted by Gasteiger charge is -2.16. The minimum atomic E-state index is -0.272. The number of hydrogen-bond acceptors (Lipinski definition) is 2. The van der Waals surface area contributed by atoms with Crippen LogP contribution in [0.25, 0.3) is 11.0 Å². The molecule has 0 saturated carbocycles. The quantitative estimate of drug-likeness (QED) is 0.726. The number of aryl methyl sites for hydroxylation is 3. The SMILES string of the molecule is CCc1ccc(C[NH+](C)Cc2cc(=O)oc3cc(C)c(C)cc23)cc1. The van der Waals surface area contributed by atoms with Crippen molar-refractivity contribution in [2.45, 2.75) is 40.3 Å². The van der Waals surface area contributed by atoms with Crippen molar-refractivity contribution in [1.29, 1.82) is 0 Å². The van der Waals surface area contributed by atoms with Crippen LogP contribution in [0.5, 0.6) is 0 Å². The Morgan fingerprint density at radius 2 is 1.56 bits per heavy atom. The Morgan fingerprint density at radius 1 is 0.920 bits per heavy atom. The third-order valence-corrected chi connectivity index (χ3v) is 4.87. The number of quaternary nitrogens is 1. The van der Waals surface area contributed by atoms with Gasteiger partial charge in [-0.15, -0.1) is 0 Å². The first-order valence-electron chi connectivity index (χ1n) is 8.89. The molecule has 1 aromatic heterocycles. The third kappa shape index (κ3) is 3.99. The summed E-state index contributed by atoms with van der Waals surface area (Å²) in [7, 11) is 2.16. The van der Waals surface area contributed by atoms with Gasteiger partial charge in [0.2, 0.25) is 0 Å². The molecule has 130 valence electrons. The van der Waals surface area contributed by atoms with Gasteiger partial charge >= 0.3 is 5.63 Å². The summed E-state index contributed by atoms with van der Waals surface area (Å²) in [5.41, 5.74) is 6.50. The van der Waals surface area contributed by atoms with Crippen molar-refractivity contribution in [3.8, 4) is 0 Å². The predicted molar refractivity (Wildman–Crippen MR) is 102 cm³/mol. The molecular weight excluding hydrogens is 310 g/mol. The molecule has 3 nitrogen and oxygen atoms in total. The molecule has 25 heavy (non-hydrogen) atoms. The van der Waals surface area contributed by atoms with Gasteiger partial charge in [0, 0.05) is 22.6 Å². The van der Waals surface area contributed by atoms with Crippen molar-refractivity contribution >= 4 is 11.0 Å². The van der Waals surface area contributed by atoms with Crippen molar-refractivity contribution in [3.63, 3.8) is 0 Å². The maximum atomic E-state index is 11.9. The first-order chi connectivity index (χ1) is 12.0. The van der Waals surface area contributed by atoms with E-state index in [4.69, 9.17) is 4.42 Å². The van der Waals surface area contributed by atoms with Crippen molar-refractivity contribution in [3.05, 3.63) is 80.7 Å². The van der Waals surface area contributed by atoms with Crippen LogP contribution in [0.4, 0.5) is 0 Å². The number of rotatable bonds is 5. The highest BCUT2D eigenvalue weighted by atomic mass is 16.4. The molecule has 1 N–H and O–H groups in total. The number of fused-ring (bicyclic) bond motifs is 1. The molecule has 0 aliphatic heterocycles. The van der Waals surface area contributed by atoms with Gasteiger partial charge in [-0.2, -0.15) is 0 Å². The summed E-state index contributed by atoms with van der Waals surface area (Å²) < 4.78 is 5.40. The standard InChI is InChI=1S/C22H25NO2/c1-5-17-6-8-18(9-7-17)13-23(4)14-19-12-22(24)25-21-11-16(3)15(2)10-20(19)21/h6-12H,5,13-14H2,1-4H3/p+1. The first-order valence-corrected chi connectivity index (χ1v) is 8.89. The lowest BCUT2D eigenvalue weighted by molar-refractivity contribution is -0.907. The molecule has 3 heteroatoms. The van der Waals surface area contributed by atoms with Crippen LogP contribution in [0.15, 0.2) is 51.7 Å². The zero-order chi connectivity index (χ0) is 18.0. The number of nitrogens with one attached hydrogen (secondary N) is 1. The van der Waals surface area contributed by atoms with E-state index in [2.05, 4.69) is 51.2 Å². The average molecular weight is 336 g/mol. The summed E-state index contributed by atoms with van der Waals surface area (Å²) in [6.45, 7) is 8.02. The van der Waals surface area contributed by atoms with E-state index >= 15 is 0 Å². The molecule has 0 fully saturated rings. The summed E-state index contributed by atoms with van der Waals surface area (Å²) >= 11 is 0. The Bertz CT molecular complexity index is 939. The zero-order valence-corrected chi connectivity index (χ0v) is 15.5. The average Bonchev–Trinajstić information content (AvgIpc) is 2.57. The maximum Gasteiger partial charge on any atom is 0.336 e. The highest BCUT2D eigenvalue weighted by molar-refractivity contribution is 5.81. The number of benzene rings is 2. The van der Waals surface area contributed by atoms with Crippen LogP contribution in [0.3, 0.4) is 0 Å². The Hall–Kier alpha value is -2.39. The Morgan fingerprint density at radius 3 is 2.24 bits per heavy atom. The smallest absolute Gasteiger partial charge is 0.336 e. The normalized spacial score (nSPS) is 12.5. The van der Waals surface area contributed by atoms with Gasteiger partial charge in [-0.1, -0.05) is 31.2 Å². The van der Waals surface area contributed by atoms with Crippen molar-refractivity contribution in [2.24, 2.45) is 0 Å². The van der Waals surface area contributed by atoms with Crippen LogP contribution in [-0.2, 0) is 19.5 Å². The topological polar surface area (TPSA) is 34.7 Å². The van der Waals surface area contributed by atoms with E-state index < -0.39 is 0 Å². The van der Waals surface area contributed by atoms with E-state index in [9.17, 15) is 4.79 Å². The fraction of sp³-hybridized carbons (Fsp3) is 0.318. The Labute approximate surface area is 148 Å². The third-order valence-electron chi connectivity index (χ3n) is 4.87. The van der Waals surface area contributed by atoms with Gasteiger partial charge < -0.3 is 9.32 Å². The second-order valence-corrected chi connectivity index (χ2v) is 7.00. The second kappa shape index (κ2) is 7.24. The summed E-state index contributed by atoms with van der Waals surface area (Å²) in [5.74, 6) is 0. The predicted octanol–water partition coefficient (Wildman–Crippen LogP) is 3.19. The van der Waals surface area contributed by atoms with Crippen LogP contribution >= 0.6 is 0 Å². The molecule has 0 amide bonds. The van der Waals surface area contributed by atoms with Crippen molar-refractivity contribution in [1.82, 2.24) is 0 Å². The van der Waals surface area contributed by atoms with Crippen LogP contribution in [0, 0.1) is 13.8 Å². The number of hydrogen-bond donors (Lipinski definition) is 1. The molecule has 1 unspecified atom stereocenters. The molecule has 3 aromatic rings. The molecule has 1 heterocycles. The minimum Gasteiger partial charge on any atom is -0.423 e. The van der Waals surface area contributed by atoms with E-state index in [1.165, 1.54) is 21.6 Å².